The van der Waals surface area contributed by atoms with Gasteiger partial charge in [-0.25, -0.2) is 4.79 Å². The number of Topliss-reactive ketones (excluding diaryl/α,β-unsaturated/α-hetero) is 1. The van der Waals surface area contributed by atoms with E-state index in [4.69, 9.17) is 4.74 Å². The zero-order valence-electron chi connectivity index (χ0n) is 15.6. The number of esters is 1. The number of hydrogen-bond donors (Lipinski definition) is 0. The van der Waals surface area contributed by atoms with Crippen LogP contribution >= 0.6 is 0 Å². The van der Waals surface area contributed by atoms with Crippen molar-refractivity contribution in [1.82, 2.24) is 9.78 Å². The highest BCUT2D eigenvalue weighted by atomic mass is 16.5. The van der Waals surface area contributed by atoms with Crippen LogP contribution in [0.1, 0.15) is 45.4 Å². The molecule has 0 aliphatic heterocycles. The Morgan fingerprint density at radius 2 is 1.84 bits per heavy atom. The predicted molar refractivity (Wildman–Crippen MR) is 97.5 cm³/mol. The van der Waals surface area contributed by atoms with Crippen molar-refractivity contribution in [2.45, 2.75) is 40.7 Å². The Balaban J connectivity index is 2.05. The molecule has 0 saturated carbocycles. The van der Waals surface area contributed by atoms with Crippen molar-refractivity contribution in [2.75, 3.05) is 0 Å². The van der Waals surface area contributed by atoms with Crippen LogP contribution in [0.3, 0.4) is 0 Å². The number of hydrogen-bond acceptors (Lipinski definition) is 4. The van der Waals surface area contributed by atoms with Crippen LogP contribution < -0.4 is 0 Å². The number of rotatable bonds is 5. The molecule has 0 bridgehead atoms. The summed E-state index contributed by atoms with van der Waals surface area (Å²) in [7, 11) is 1.85. The second kappa shape index (κ2) is 7.47. The normalized spacial score (nSPS) is 12.4. The lowest BCUT2D eigenvalue weighted by Gasteiger charge is -2.12. The third-order valence-electron chi connectivity index (χ3n) is 4.40. The van der Waals surface area contributed by atoms with Gasteiger partial charge in [-0.05, 0) is 57.9 Å². The largest absolute Gasteiger partial charge is 0.451 e. The van der Waals surface area contributed by atoms with Crippen LogP contribution in [0.2, 0.25) is 0 Å². The van der Waals surface area contributed by atoms with E-state index in [2.05, 4.69) is 5.10 Å². The fourth-order valence-electron chi connectivity index (χ4n) is 2.58. The summed E-state index contributed by atoms with van der Waals surface area (Å²) in [6.45, 7) is 9.33. The first-order valence-electron chi connectivity index (χ1n) is 8.21. The summed E-state index contributed by atoms with van der Waals surface area (Å²) in [6, 6.07) is 5.47. The van der Waals surface area contributed by atoms with E-state index in [1.165, 1.54) is 6.08 Å². The number of ketones is 1. The molecule has 2 aromatic rings. The molecule has 0 amide bonds. The molecule has 0 N–H and O–H groups in total. The van der Waals surface area contributed by atoms with Crippen molar-refractivity contribution in [2.24, 2.45) is 7.05 Å². The average Bonchev–Trinajstić information content (AvgIpc) is 2.80. The SMILES string of the molecule is Cc1ccc(C(=O)[C@H](C)OC(=O)/C=C/c2c(C)nn(C)c2C)cc1C. The van der Waals surface area contributed by atoms with Gasteiger partial charge in [0.15, 0.2) is 6.10 Å². The van der Waals surface area contributed by atoms with Crippen LogP contribution in [-0.4, -0.2) is 27.6 Å². The van der Waals surface area contributed by atoms with Gasteiger partial charge in [0.05, 0.1) is 5.69 Å². The number of ether oxygens (including phenoxy) is 1. The summed E-state index contributed by atoms with van der Waals surface area (Å²) in [5, 5.41) is 4.29. The van der Waals surface area contributed by atoms with Crippen molar-refractivity contribution in [3.8, 4) is 0 Å². The lowest BCUT2D eigenvalue weighted by Crippen LogP contribution is -2.23. The number of nitrogens with zero attached hydrogens (tertiary/aromatic N) is 2. The van der Waals surface area contributed by atoms with Gasteiger partial charge in [-0.3, -0.25) is 9.48 Å². The van der Waals surface area contributed by atoms with Crippen LogP contribution in [0, 0.1) is 27.7 Å². The quantitative estimate of drug-likeness (QED) is 0.475. The lowest BCUT2D eigenvalue weighted by atomic mass is 10.0. The van der Waals surface area contributed by atoms with E-state index in [9.17, 15) is 9.59 Å². The summed E-state index contributed by atoms with van der Waals surface area (Å²) in [5.41, 5.74) is 5.38. The smallest absolute Gasteiger partial charge is 0.331 e. The van der Waals surface area contributed by atoms with Crippen LogP contribution in [-0.2, 0) is 16.6 Å². The van der Waals surface area contributed by atoms with Gasteiger partial charge in [0.25, 0.3) is 0 Å². The van der Waals surface area contributed by atoms with Gasteiger partial charge in [0, 0.05) is 29.9 Å². The fraction of sp³-hybridized carbons (Fsp3) is 0.350. The minimum Gasteiger partial charge on any atom is -0.451 e. The first-order chi connectivity index (χ1) is 11.7. The van der Waals surface area contributed by atoms with Gasteiger partial charge in [-0.1, -0.05) is 12.1 Å². The first-order valence-corrected chi connectivity index (χ1v) is 8.21. The third-order valence-corrected chi connectivity index (χ3v) is 4.40. The maximum absolute atomic E-state index is 12.4. The molecule has 1 aromatic heterocycles. The zero-order chi connectivity index (χ0) is 18.7. The van der Waals surface area contributed by atoms with Crippen LogP contribution in [0.5, 0.6) is 0 Å². The molecule has 0 radical (unpaired) electrons. The summed E-state index contributed by atoms with van der Waals surface area (Å²) in [6.07, 6.45) is 2.17. The molecular weight excluding hydrogens is 316 g/mol. The van der Waals surface area contributed by atoms with E-state index in [0.29, 0.717) is 5.56 Å². The van der Waals surface area contributed by atoms with Gasteiger partial charge >= 0.3 is 5.97 Å². The highest BCUT2D eigenvalue weighted by molar-refractivity contribution is 6.01. The minimum atomic E-state index is -0.838. The Bertz CT molecular complexity index is 847. The molecule has 1 heterocycles. The van der Waals surface area contributed by atoms with E-state index < -0.39 is 12.1 Å². The number of aromatic nitrogens is 2. The molecule has 25 heavy (non-hydrogen) atoms. The maximum Gasteiger partial charge on any atom is 0.331 e. The Kier molecular flexibility index (Phi) is 5.57. The second-order valence-corrected chi connectivity index (χ2v) is 6.28. The molecule has 0 aliphatic rings. The van der Waals surface area contributed by atoms with E-state index in [0.717, 1.165) is 28.1 Å². The van der Waals surface area contributed by atoms with Gasteiger partial charge in [0.2, 0.25) is 5.78 Å². The third kappa shape index (κ3) is 4.24. The molecule has 132 valence electrons. The molecule has 1 aromatic carbocycles. The number of carbonyl (C=O) groups excluding carboxylic acids is 2. The number of aryl methyl sites for hydroxylation is 4. The van der Waals surface area contributed by atoms with Crippen molar-refractivity contribution in [3.05, 3.63) is 57.9 Å². The molecule has 5 nitrogen and oxygen atoms in total. The summed E-state index contributed by atoms with van der Waals surface area (Å²) >= 11 is 0. The van der Waals surface area contributed by atoms with Crippen LogP contribution in [0.4, 0.5) is 0 Å². The lowest BCUT2D eigenvalue weighted by molar-refractivity contribution is -0.140. The molecule has 0 aliphatic carbocycles. The monoisotopic (exact) mass is 340 g/mol. The van der Waals surface area contributed by atoms with Gasteiger partial charge in [-0.2, -0.15) is 5.10 Å². The summed E-state index contributed by atoms with van der Waals surface area (Å²) < 4.78 is 7.00. The highest BCUT2D eigenvalue weighted by Gasteiger charge is 2.19. The zero-order valence-corrected chi connectivity index (χ0v) is 15.6. The molecule has 0 fully saturated rings. The fourth-order valence-corrected chi connectivity index (χ4v) is 2.58. The van der Waals surface area contributed by atoms with Crippen molar-refractivity contribution >= 4 is 17.8 Å². The van der Waals surface area contributed by atoms with E-state index in [-0.39, 0.29) is 5.78 Å². The van der Waals surface area contributed by atoms with Gasteiger partial charge in [-0.15, -0.1) is 0 Å². The molecule has 5 heteroatoms. The van der Waals surface area contributed by atoms with Crippen molar-refractivity contribution in [3.63, 3.8) is 0 Å². The van der Waals surface area contributed by atoms with Crippen molar-refractivity contribution in [1.29, 1.82) is 0 Å². The topological polar surface area (TPSA) is 61.2 Å². The Hall–Kier alpha value is -2.69. The van der Waals surface area contributed by atoms with E-state index in [1.807, 2.05) is 46.9 Å². The van der Waals surface area contributed by atoms with Crippen LogP contribution in [0.15, 0.2) is 24.3 Å². The molecule has 0 unspecified atom stereocenters. The Morgan fingerprint density at radius 3 is 2.40 bits per heavy atom. The van der Waals surface area contributed by atoms with E-state index in [1.54, 1.807) is 23.7 Å². The minimum absolute atomic E-state index is 0.210. The van der Waals surface area contributed by atoms with Crippen LogP contribution in [0.25, 0.3) is 6.08 Å². The average molecular weight is 340 g/mol. The number of benzene rings is 1. The molecule has 1 atom stereocenters. The molecular formula is C20H24N2O3. The Morgan fingerprint density at radius 1 is 1.16 bits per heavy atom. The summed E-state index contributed by atoms with van der Waals surface area (Å²) in [4.78, 5) is 24.4. The second-order valence-electron chi connectivity index (χ2n) is 6.28. The molecule has 0 spiro atoms. The first kappa shape index (κ1) is 18.6. The maximum atomic E-state index is 12.4. The Labute approximate surface area is 148 Å². The number of carbonyl (C=O) groups is 2. The summed E-state index contributed by atoms with van der Waals surface area (Å²) in [5.74, 6) is -0.758. The van der Waals surface area contributed by atoms with Crippen molar-refractivity contribution < 1.29 is 14.3 Å². The standard InChI is InChI=1S/C20H24N2O3/c1-12-7-8-17(11-13(12)2)20(24)16(5)25-19(23)10-9-18-14(3)21-22(6)15(18)4/h7-11,16H,1-6H3/b10-9+/t16-/m0/s1. The predicted octanol–water partition coefficient (Wildman–Crippen LogP) is 3.48. The van der Waals surface area contributed by atoms with Gasteiger partial charge in [0.1, 0.15) is 0 Å². The van der Waals surface area contributed by atoms with Gasteiger partial charge < -0.3 is 4.74 Å². The highest BCUT2D eigenvalue weighted by Crippen LogP contribution is 2.15. The molecule has 0 saturated heterocycles. The van der Waals surface area contributed by atoms with E-state index >= 15 is 0 Å². The molecule has 2 rings (SSSR count).